The summed E-state index contributed by atoms with van der Waals surface area (Å²) in [5.41, 5.74) is 10.5. The maximum atomic E-state index is 11.2. The summed E-state index contributed by atoms with van der Waals surface area (Å²) in [4.78, 5) is 10.5. The van der Waals surface area contributed by atoms with Crippen LogP contribution in [-0.2, 0) is 10.2 Å². The third-order valence-electron chi connectivity index (χ3n) is 6.78. The number of ether oxygens (including phenoxy) is 1. The maximum absolute atomic E-state index is 11.2. The molecule has 1 aliphatic carbocycles. The molecule has 2 aliphatic rings. The first-order chi connectivity index (χ1) is 15.6. The van der Waals surface area contributed by atoms with E-state index in [0.29, 0.717) is 0 Å². The van der Waals surface area contributed by atoms with Gasteiger partial charge in [-0.25, -0.2) is 9.97 Å². The molecule has 2 fully saturated rings. The van der Waals surface area contributed by atoms with E-state index in [9.17, 15) is 5.11 Å². The zero-order valence-corrected chi connectivity index (χ0v) is 18.1. The van der Waals surface area contributed by atoms with Gasteiger partial charge in [-0.3, -0.25) is 0 Å². The van der Waals surface area contributed by atoms with Gasteiger partial charge in [0.25, 0.3) is 0 Å². The van der Waals surface area contributed by atoms with Gasteiger partial charge in [0, 0.05) is 47.8 Å². The van der Waals surface area contributed by atoms with Crippen molar-refractivity contribution in [1.29, 1.82) is 0 Å². The molecule has 3 aromatic rings. The fraction of sp³-hybridized carbons (Fsp3) is 0.360. The molecular formula is C25H29N5O2. The number of nitrogens with zero attached hydrogens (tertiary/aromatic N) is 3. The molecule has 1 saturated heterocycles. The molecule has 0 radical (unpaired) electrons. The number of rotatable bonds is 6. The number of benzene rings is 2. The van der Waals surface area contributed by atoms with Crippen LogP contribution in [0.3, 0.4) is 0 Å². The zero-order chi connectivity index (χ0) is 22.0. The Kier molecular flexibility index (Phi) is 5.68. The van der Waals surface area contributed by atoms with E-state index in [4.69, 9.17) is 10.5 Å². The summed E-state index contributed by atoms with van der Waals surface area (Å²) in [6.45, 7) is 3.37. The summed E-state index contributed by atoms with van der Waals surface area (Å²) in [7, 11) is 0. The Labute approximate surface area is 188 Å². The number of nitrogens with two attached hydrogens (primary N) is 1. The van der Waals surface area contributed by atoms with Crippen molar-refractivity contribution in [2.75, 3.05) is 42.3 Å². The van der Waals surface area contributed by atoms with Crippen molar-refractivity contribution in [3.8, 4) is 11.1 Å². The molecule has 166 valence electrons. The van der Waals surface area contributed by atoms with Crippen molar-refractivity contribution in [3.63, 3.8) is 0 Å². The summed E-state index contributed by atoms with van der Waals surface area (Å²) in [5, 5.41) is 14.5. The second-order valence-corrected chi connectivity index (χ2v) is 8.61. The van der Waals surface area contributed by atoms with Gasteiger partial charge in [-0.15, -0.1) is 0 Å². The number of aromatic nitrogens is 2. The van der Waals surface area contributed by atoms with Crippen molar-refractivity contribution >= 4 is 17.3 Å². The number of aliphatic hydroxyl groups is 1. The van der Waals surface area contributed by atoms with E-state index >= 15 is 0 Å². The number of hydrogen-bond acceptors (Lipinski definition) is 7. The Balaban J connectivity index is 1.29. The molecule has 4 N–H and O–H groups in total. The minimum atomic E-state index is -0.656. The molecule has 0 amide bonds. The predicted molar refractivity (Wildman–Crippen MR) is 127 cm³/mol. The maximum Gasteiger partial charge on any atom is 0.219 e. The molecule has 1 aliphatic heterocycles. The van der Waals surface area contributed by atoms with Crippen molar-refractivity contribution in [3.05, 3.63) is 66.5 Å². The van der Waals surface area contributed by atoms with Crippen LogP contribution in [0.25, 0.3) is 11.1 Å². The van der Waals surface area contributed by atoms with Gasteiger partial charge in [0.1, 0.15) is 6.23 Å². The van der Waals surface area contributed by atoms with Crippen LogP contribution in [0.1, 0.15) is 24.8 Å². The van der Waals surface area contributed by atoms with Crippen LogP contribution in [0.2, 0.25) is 0 Å². The fourth-order valence-corrected chi connectivity index (χ4v) is 4.65. The van der Waals surface area contributed by atoms with Gasteiger partial charge in [-0.1, -0.05) is 30.7 Å². The highest BCUT2D eigenvalue weighted by molar-refractivity contribution is 5.63. The number of nitrogen functional groups attached to an aromatic ring is 1. The third-order valence-corrected chi connectivity index (χ3v) is 6.78. The number of aliphatic hydroxyl groups excluding tert-OH is 1. The van der Waals surface area contributed by atoms with Crippen LogP contribution >= 0.6 is 0 Å². The average molecular weight is 432 g/mol. The van der Waals surface area contributed by atoms with Crippen LogP contribution in [0, 0.1) is 0 Å². The van der Waals surface area contributed by atoms with Crippen LogP contribution in [-0.4, -0.2) is 47.6 Å². The molecule has 7 heteroatoms. The number of anilines is 3. The van der Waals surface area contributed by atoms with E-state index in [1.807, 2.05) is 12.1 Å². The Morgan fingerprint density at radius 1 is 0.938 bits per heavy atom. The van der Waals surface area contributed by atoms with Crippen LogP contribution in [0.4, 0.5) is 17.3 Å². The first kappa shape index (κ1) is 20.7. The second-order valence-electron chi connectivity index (χ2n) is 8.61. The van der Waals surface area contributed by atoms with E-state index in [2.05, 4.69) is 56.6 Å². The van der Waals surface area contributed by atoms with Gasteiger partial charge in [-0.2, -0.15) is 0 Å². The summed E-state index contributed by atoms with van der Waals surface area (Å²) in [5.74, 6) is 0.269. The van der Waals surface area contributed by atoms with Gasteiger partial charge < -0.3 is 25.8 Å². The SMILES string of the molecule is Nc1ncc(-c2ccc(C3(C(O)Nc4ccc(N5CCOCC5)cc4)CCC3)cc2)cn1. The molecule has 7 nitrogen and oxygen atoms in total. The highest BCUT2D eigenvalue weighted by Crippen LogP contribution is 2.47. The molecule has 2 aromatic carbocycles. The molecule has 0 bridgehead atoms. The first-order valence-corrected chi connectivity index (χ1v) is 11.2. The monoisotopic (exact) mass is 431 g/mol. The summed E-state index contributed by atoms with van der Waals surface area (Å²) in [6, 6.07) is 16.7. The normalized spacial score (nSPS) is 18.6. The topological polar surface area (TPSA) is 96.5 Å². The molecule has 1 unspecified atom stereocenters. The van der Waals surface area contributed by atoms with E-state index in [1.165, 1.54) is 5.69 Å². The smallest absolute Gasteiger partial charge is 0.219 e. The van der Waals surface area contributed by atoms with E-state index in [1.54, 1.807) is 12.4 Å². The summed E-state index contributed by atoms with van der Waals surface area (Å²) in [6.07, 6.45) is 5.83. The average Bonchev–Trinajstić information content (AvgIpc) is 2.80. The predicted octanol–water partition coefficient (Wildman–Crippen LogP) is 3.41. The number of hydrogen-bond donors (Lipinski definition) is 3. The van der Waals surface area contributed by atoms with Gasteiger partial charge in [0.2, 0.25) is 5.95 Å². The molecule has 1 saturated carbocycles. The molecule has 1 atom stereocenters. The van der Waals surface area contributed by atoms with Gasteiger partial charge in [0.15, 0.2) is 0 Å². The lowest BCUT2D eigenvalue weighted by molar-refractivity contribution is 0.0487. The quantitative estimate of drug-likeness (QED) is 0.515. The summed E-state index contributed by atoms with van der Waals surface area (Å²) >= 11 is 0. The lowest BCUT2D eigenvalue weighted by Crippen LogP contribution is -2.49. The van der Waals surface area contributed by atoms with E-state index in [-0.39, 0.29) is 11.4 Å². The Hall–Kier alpha value is -3.16. The molecule has 5 rings (SSSR count). The first-order valence-electron chi connectivity index (χ1n) is 11.2. The second kappa shape index (κ2) is 8.76. The Bertz CT molecular complexity index is 1030. The minimum Gasteiger partial charge on any atom is -0.378 e. The number of nitrogens with one attached hydrogen (secondary N) is 1. The van der Waals surface area contributed by atoms with Crippen molar-refractivity contribution in [2.24, 2.45) is 0 Å². The fourth-order valence-electron chi connectivity index (χ4n) is 4.65. The highest BCUT2D eigenvalue weighted by Gasteiger charge is 2.45. The van der Waals surface area contributed by atoms with Gasteiger partial charge in [0.05, 0.1) is 13.2 Å². The largest absolute Gasteiger partial charge is 0.378 e. The van der Waals surface area contributed by atoms with Crippen molar-refractivity contribution in [1.82, 2.24) is 9.97 Å². The molecule has 0 spiro atoms. The minimum absolute atomic E-state index is 0.269. The lowest BCUT2D eigenvalue weighted by atomic mass is 9.63. The highest BCUT2D eigenvalue weighted by atomic mass is 16.5. The third kappa shape index (κ3) is 4.01. The van der Waals surface area contributed by atoms with Crippen LogP contribution in [0.15, 0.2) is 60.9 Å². The molecule has 1 aromatic heterocycles. The molecular weight excluding hydrogens is 402 g/mol. The standard InChI is InChI=1S/C25H29N5O2/c26-24-27-16-19(17-28-24)18-2-4-20(5-3-18)25(10-1-11-25)23(31)29-21-6-8-22(9-7-21)30-12-14-32-15-13-30/h2-9,16-17,23,29,31H,1,10-15H2,(H2,26,27,28). The number of morpholine rings is 1. The summed E-state index contributed by atoms with van der Waals surface area (Å²) < 4.78 is 5.43. The zero-order valence-electron chi connectivity index (χ0n) is 18.1. The van der Waals surface area contributed by atoms with Gasteiger partial charge in [-0.05, 0) is 48.2 Å². The van der Waals surface area contributed by atoms with E-state index in [0.717, 1.165) is 67.9 Å². The van der Waals surface area contributed by atoms with Crippen LogP contribution < -0.4 is 16.0 Å². The molecule has 2 heterocycles. The van der Waals surface area contributed by atoms with Crippen molar-refractivity contribution in [2.45, 2.75) is 30.9 Å². The Morgan fingerprint density at radius 2 is 1.59 bits per heavy atom. The van der Waals surface area contributed by atoms with Crippen molar-refractivity contribution < 1.29 is 9.84 Å². The molecule has 32 heavy (non-hydrogen) atoms. The Morgan fingerprint density at radius 3 is 2.19 bits per heavy atom. The van der Waals surface area contributed by atoms with Crippen LogP contribution in [0.5, 0.6) is 0 Å². The van der Waals surface area contributed by atoms with E-state index < -0.39 is 6.23 Å². The van der Waals surface area contributed by atoms with Gasteiger partial charge >= 0.3 is 0 Å². The lowest BCUT2D eigenvalue weighted by Gasteiger charge is -2.46.